The normalized spacial score (nSPS) is 25.9. The molecule has 2 unspecified atom stereocenters. The molecule has 0 bridgehead atoms. The van der Waals surface area contributed by atoms with Crippen LogP contribution in [-0.2, 0) is 19.4 Å². The van der Waals surface area contributed by atoms with Gasteiger partial charge in [-0.05, 0) is 60.6 Å². The van der Waals surface area contributed by atoms with Crippen molar-refractivity contribution in [1.82, 2.24) is 5.32 Å². The summed E-state index contributed by atoms with van der Waals surface area (Å²) in [5.41, 5.74) is 4.68. The van der Waals surface area contributed by atoms with Crippen LogP contribution >= 0.6 is 0 Å². The second-order valence-corrected chi connectivity index (χ2v) is 7.14. The minimum atomic E-state index is 0.733. The van der Waals surface area contributed by atoms with Crippen molar-refractivity contribution in [2.45, 2.75) is 71.4 Å². The summed E-state index contributed by atoms with van der Waals surface area (Å²) in [7, 11) is 0. The highest BCUT2D eigenvalue weighted by atomic mass is 14.9. The number of rotatable bonds is 4. The molecule has 0 spiro atoms. The third-order valence-corrected chi connectivity index (χ3v) is 5.41. The third-order valence-electron chi connectivity index (χ3n) is 5.41. The van der Waals surface area contributed by atoms with Crippen molar-refractivity contribution in [3.05, 3.63) is 34.9 Å². The van der Waals surface area contributed by atoms with Crippen molar-refractivity contribution in [2.24, 2.45) is 11.8 Å². The van der Waals surface area contributed by atoms with Crippen molar-refractivity contribution in [3.63, 3.8) is 0 Å². The second-order valence-electron chi connectivity index (χ2n) is 7.14. The molecule has 0 saturated heterocycles. The van der Waals surface area contributed by atoms with E-state index in [1.807, 2.05) is 0 Å². The van der Waals surface area contributed by atoms with E-state index in [0.717, 1.165) is 24.4 Å². The summed E-state index contributed by atoms with van der Waals surface area (Å²) in [5.74, 6) is 1.69. The predicted octanol–water partition coefficient (Wildman–Crippen LogP) is 4.48. The monoisotopic (exact) mass is 271 g/mol. The van der Waals surface area contributed by atoms with Gasteiger partial charge in [0.25, 0.3) is 0 Å². The van der Waals surface area contributed by atoms with Crippen molar-refractivity contribution >= 4 is 0 Å². The van der Waals surface area contributed by atoms with E-state index < -0.39 is 0 Å². The molecule has 0 amide bonds. The Labute approximate surface area is 124 Å². The van der Waals surface area contributed by atoms with E-state index in [1.165, 1.54) is 50.5 Å². The fourth-order valence-electron chi connectivity index (χ4n) is 4.20. The lowest BCUT2D eigenvalue weighted by molar-refractivity contribution is 0.204. The van der Waals surface area contributed by atoms with Crippen LogP contribution in [0.2, 0.25) is 0 Å². The zero-order valence-corrected chi connectivity index (χ0v) is 13.1. The van der Waals surface area contributed by atoms with E-state index in [0.29, 0.717) is 0 Å². The van der Waals surface area contributed by atoms with Crippen LogP contribution in [0.4, 0.5) is 0 Å². The Morgan fingerprint density at radius 3 is 2.70 bits per heavy atom. The van der Waals surface area contributed by atoms with Gasteiger partial charge in [0.05, 0.1) is 0 Å². The highest BCUT2D eigenvalue weighted by molar-refractivity contribution is 5.35. The topological polar surface area (TPSA) is 12.0 Å². The smallest absolute Gasteiger partial charge is 0.0208 e. The van der Waals surface area contributed by atoms with Crippen LogP contribution in [0.25, 0.3) is 0 Å². The zero-order valence-electron chi connectivity index (χ0n) is 13.1. The van der Waals surface area contributed by atoms with E-state index in [4.69, 9.17) is 0 Å². The van der Waals surface area contributed by atoms with E-state index >= 15 is 0 Å². The molecule has 110 valence electrons. The minimum Gasteiger partial charge on any atom is -0.310 e. The number of aryl methyl sites for hydroxylation is 2. The molecule has 1 fully saturated rings. The molecule has 0 aromatic heterocycles. The van der Waals surface area contributed by atoms with Gasteiger partial charge in [-0.2, -0.15) is 0 Å². The number of benzene rings is 1. The third kappa shape index (κ3) is 3.09. The van der Waals surface area contributed by atoms with Gasteiger partial charge in [-0.15, -0.1) is 0 Å². The van der Waals surface area contributed by atoms with Crippen molar-refractivity contribution in [3.8, 4) is 0 Å². The maximum Gasteiger partial charge on any atom is 0.0208 e. The molecule has 2 atom stereocenters. The van der Waals surface area contributed by atoms with E-state index in [2.05, 4.69) is 37.4 Å². The SMILES string of the molecule is CC(C)C1CCCCC1NCc1ccc2c(c1)CCC2. The van der Waals surface area contributed by atoms with Gasteiger partial charge in [0.1, 0.15) is 0 Å². The van der Waals surface area contributed by atoms with Gasteiger partial charge < -0.3 is 5.32 Å². The molecule has 1 nitrogen and oxygen atoms in total. The van der Waals surface area contributed by atoms with Crippen LogP contribution in [-0.4, -0.2) is 6.04 Å². The molecule has 20 heavy (non-hydrogen) atoms. The lowest BCUT2D eigenvalue weighted by Crippen LogP contribution is -2.40. The fourth-order valence-corrected chi connectivity index (χ4v) is 4.20. The summed E-state index contributed by atoms with van der Waals surface area (Å²) in [6, 6.07) is 7.88. The van der Waals surface area contributed by atoms with Crippen LogP contribution in [0.15, 0.2) is 18.2 Å². The van der Waals surface area contributed by atoms with Gasteiger partial charge in [-0.3, -0.25) is 0 Å². The quantitative estimate of drug-likeness (QED) is 0.851. The summed E-state index contributed by atoms with van der Waals surface area (Å²) in [6.45, 7) is 5.83. The first-order valence-corrected chi connectivity index (χ1v) is 8.58. The van der Waals surface area contributed by atoms with Crippen LogP contribution in [0.5, 0.6) is 0 Å². The van der Waals surface area contributed by atoms with Gasteiger partial charge in [-0.1, -0.05) is 44.9 Å². The van der Waals surface area contributed by atoms with Gasteiger partial charge in [0.15, 0.2) is 0 Å². The molecule has 1 heteroatoms. The molecule has 1 saturated carbocycles. The van der Waals surface area contributed by atoms with Crippen molar-refractivity contribution < 1.29 is 0 Å². The predicted molar refractivity (Wildman–Crippen MR) is 85.9 cm³/mol. The molecule has 0 heterocycles. The van der Waals surface area contributed by atoms with Gasteiger partial charge >= 0.3 is 0 Å². The second kappa shape index (κ2) is 6.30. The summed E-state index contributed by atoms with van der Waals surface area (Å²) in [4.78, 5) is 0. The minimum absolute atomic E-state index is 0.733. The number of fused-ring (bicyclic) bond motifs is 1. The van der Waals surface area contributed by atoms with Gasteiger partial charge in [0, 0.05) is 12.6 Å². The first-order valence-electron chi connectivity index (χ1n) is 8.58. The number of hydrogen-bond donors (Lipinski definition) is 1. The van der Waals surface area contributed by atoms with Crippen LogP contribution in [0, 0.1) is 11.8 Å². The highest BCUT2D eigenvalue weighted by Crippen LogP contribution is 2.30. The zero-order chi connectivity index (χ0) is 13.9. The molecular formula is C19H29N. The van der Waals surface area contributed by atoms with E-state index in [1.54, 1.807) is 11.1 Å². The Balaban J connectivity index is 1.60. The Morgan fingerprint density at radius 1 is 1.05 bits per heavy atom. The Kier molecular flexibility index (Phi) is 4.45. The summed E-state index contributed by atoms with van der Waals surface area (Å²) in [5, 5.41) is 3.86. The average Bonchev–Trinajstić information content (AvgIpc) is 2.92. The molecule has 3 rings (SSSR count). The van der Waals surface area contributed by atoms with E-state index in [9.17, 15) is 0 Å². The Morgan fingerprint density at radius 2 is 1.85 bits per heavy atom. The molecule has 0 radical (unpaired) electrons. The van der Waals surface area contributed by atoms with Gasteiger partial charge in [0.2, 0.25) is 0 Å². The van der Waals surface area contributed by atoms with Crippen molar-refractivity contribution in [1.29, 1.82) is 0 Å². The van der Waals surface area contributed by atoms with Gasteiger partial charge in [-0.25, -0.2) is 0 Å². The molecular weight excluding hydrogens is 242 g/mol. The molecule has 1 aromatic carbocycles. The fraction of sp³-hybridized carbons (Fsp3) is 0.684. The molecule has 1 aromatic rings. The van der Waals surface area contributed by atoms with Crippen LogP contribution < -0.4 is 5.32 Å². The lowest BCUT2D eigenvalue weighted by atomic mass is 9.78. The molecule has 0 aliphatic heterocycles. The largest absolute Gasteiger partial charge is 0.310 e. The van der Waals surface area contributed by atoms with E-state index in [-0.39, 0.29) is 0 Å². The first-order chi connectivity index (χ1) is 9.74. The highest BCUT2D eigenvalue weighted by Gasteiger charge is 2.26. The molecule has 2 aliphatic carbocycles. The maximum atomic E-state index is 3.86. The Hall–Kier alpha value is -0.820. The lowest BCUT2D eigenvalue weighted by Gasteiger charge is -2.35. The molecule has 2 aliphatic rings. The summed E-state index contributed by atoms with van der Waals surface area (Å²) in [6.07, 6.45) is 9.56. The van der Waals surface area contributed by atoms with Crippen molar-refractivity contribution in [2.75, 3.05) is 0 Å². The van der Waals surface area contributed by atoms with Crippen LogP contribution in [0.3, 0.4) is 0 Å². The summed E-state index contributed by atoms with van der Waals surface area (Å²) < 4.78 is 0. The summed E-state index contributed by atoms with van der Waals surface area (Å²) >= 11 is 0. The average molecular weight is 271 g/mol. The number of hydrogen-bond acceptors (Lipinski definition) is 1. The van der Waals surface area contributed by atoms with Crippen LogP contribution in [0.1, 0.15) is 62.6 Å². The number of nitrogens with one attached hydrogen (secondary N) is 1. The first kappa shape index (κ1) is 14.1. The maximum absolute atomic E-state index is 3.86. The molecule has 1 N–H and O–H groups in total. The Bertz CT molecular complexity index is 449. The standard InChI is InChI=1S/C19H29N/c1-14(2)18-8-3-4-9-19(18)20-13-15-10-11-16-6-5-7-17(16)12-15/h10-12,14,18-20H,3-9,13H2,1-2H3.